The summed E-state index contributed by atoms with van der Waals surface area (Å²) in [6.45, 7) is 4.17. The Kier molecular flexibility index (Phi) is 4.74. The van der Waals surface area contributed by atoms with Gasteiger partial charge in [0, 0.05) is 6.54 Å². The summed E-state index contributed by atoms with van der Waals surface area (Å²) < 4.78 is 0. The monoisotopic (exact) mass is 228 g/mol. The minimum Gasteiger partial charge on any atom is -0.388 e. The van der Waals surface area contributed by atoms with Crippen LogP contribution in [0.3, 0.4) is 0 Å². The fourth-order valence-corrected chi connectivity index (χ4v) is 2.21. The number of hydrogen-bond acceptors (Lipinski definition) is 3. The summed E-state index contributed by atoms with van der Waals surface area (Å²) in [6.07, 6.45) is 4.86. The Labute approximate surface area is 97.6 Å². The normalized spacial score (nSPS) is 32.1. The first-order chi connectivity index (χ1) is 7.47. The summed E-state index contributed by atoms with van der Waals surface area (Å²) >= 11 is 0. The summed E-state index contributed by atoms with van der Waals surface area (Å²) in [6, 6.07) is -0.504. The van der Waals surface area contributed by atoms with Gasteiger partial charge in [0.15, 0.2) is 0 Å². The maximum Gasteiger partial charge on any atom is 0.236 e. The van der Waals surface area contributed by atoms with Crippen molar-refractivity contribution in [3.63, 3.8) is 0 Å². The van der Waals surface area contributed by atoms with Crippen LogP contribution >= 0.6 is 0 Å². The maximum absolute atomic E-state index is 11.3. The number of carbonyl (C=O) groups excluding carboxylic acids is 1. The van der Waals surface area contributed by atoms with E-state index in [0.717, 1.165) is 31.6 Å². The van der Waals surface area contributed by atoms with E-state index in [1.807, 2.05) is 0 Å². The predicted molar refractivity (Wildman–Crippen MR) is 63.9 cm³/mol. The fraction of sp³-hybridized carbons (Fsp3) is 0.917. The third-order valence-corrected chi connectivity index (χ3v) is 3.62. The highest BCUT2D eigenvalue weighted by Gasteiger charge is 2.32. The Balaban J connectivity index is 2.34. The minimum absolute atomic E-state index is 0.189. The lowest BCUT2D eigenvalue weighted by Gasteiger charge is -2.36. The van der Waals surface area contributed by atoms with Crippen LogP contribution in [-0.2, 0) is 4.79 Å². The van der Waals surface area contributed by atoms with E-state index in [2.05, 4.69) is 12.2 Å². The topological polar surface area (TPSA) is 75.3 Å². The molecule has 0 aromatic heterocycles. The number of amides is 1. The molecule has 1 fully saturated rings. The molecule has 16 heavy (non-hydrogen) atoms. The average molecular weight is 228 g/mol. The smallest absolute Gasteiger partial charge is 0.236 e. The molecule has 1 aliphatic carbocycles. The van der Waals surface area contributed by atoms with Crippen LogP contribution in [0.4, 0.5) is 0 Å². The first-order valence-electron chi connectivity index (χ1n) is 6.22. The van der Waals surface area contributed by atoms with Crippen LogP contribution < -0.4 is 11.1 Å². The number of carbonyl (C=O) groups is 1. The fourth-order valence-electron chi connectivity index (χ4n) is 2.21. The molecule has 4 nitrogen and oxygen atoms in total. The van der Waals surface area contributed by atoms with Gasteiger partial charge < -0.3 is 16.2 Å². The van der Waals surface area contributed by atoms with E-state index in [1.54, 1.807) is 6.92 Å². The lowest BCUT2D eigenvalue weighted by molar-refractivity contribution is -0.123. The molecule has 0 spiro atoms. The Morgan fingerprint density at radius 2 is 2.12 bits per heavy atom. The molecule has 0 bridgehead atoms. The summed E-state index contributed by atoms with van der Waals surface area (Å²) in [5.41, 5.74) is 4.73. The van der Waals surface area contributed by atoms with Crippen LogP contribution in [0.1, 0.15) is 46.0 Å². The zero-order valence-corrected chi connectivity index (χ0v) is 10.3. The highest BCUT2D eigenvalue weighted by Crippen LogP contribution is 2.33. The second-order valence-corrected chi connectivity index (χ2v) is 5.08. The van der Waals surface area contributed by atoms with Gasteiger partial charge in [0.25, 0.3) is 0 Å². The standard InChI is InChI=1S/C12H24N2O2/c1-3-10-4-6-12(16,7-5-10)8-14-11(15)9(2)13/h9-10,16H,3-8,13H2,1-2H3,(H,14,15). The van der Waals surface area contributed by atoms with E-state index in [9.17, 15) is 9.90 Å². The van der Waals surface area contributed by atoms with E-state index >= 15 is 0 Å². The molecule has 1 amide bonds. The molecule has 1 aliphatic rings. The number of nitrogens with two attached hydrogens (primary N) is 1. The van der Waals surface area contributed by atoms with Crippen LogP contribution in [0.5, 0.6) is 0 Å². The van der Waals surface area contributed by atoms with Gasteiger partial charge in [-0.25, -0.2) is 0 Å². The van der Waals surface area contributed by atoms with Crippen molar-refractivity contribution in [2.45, 2.75) is 57.6 Å². The molecule has 0 aromatic carbocycles. The highest BCUT2D eigenvalue weighted by molar-refractivity contribution is 5.81. The van der Waals surface area contributed by atoms with Crippen LogP contribution in [-0.4, -0.2) is 29.2 Å². The molecule has 1 rings (SSSR count). The molecule has 0 saturated heterocycles. The third kappa shape index (κ3) is 3.76. The molecule has 4 N–H and O–H groups in total. The molecule has 0 heterocycles. The van der Waals surface area contributed by atoms with Crippen molar-refractivity contribution >= 4 is 5.91 Å². The van der Waals surface area contributed by atoms with Gasteiger partial charge in [-0.2, -0.15) is 0 Å². The molecule has 1 unspecified atom stereocenters. The van der Waals surface area contributed by atoms with Gasteiger partial charge >= 0.3 is 0 Å². The van der Waals surface area contributed by atoms with Crippen molar-refractivity contribution in [3.8, 4) is 0 Å². The Bertz CT molecular complexity index is 233. The lowest BCUT2D eigenvalue weighted by atomic mass is 9.78. The molecule has 0 radical (unpaired) electrons. The van der Waals surface area contributed by atoms with E-state index in [1.165, 1.54) is 6.42 Å². The second-order valence-electron chi connectivity index (χ2n) is 5.08. The van der Waals surface area contributed by atoms with Crippen LogP contribution in [0.15, 0.2) is 0 Å². The van der Waals surface area contributed by atoms with Gasteiger partial charge in [0.2, 0.25) is 5.91 Å². The van der Waals surface area contributed by atoms with Crippen LogP contribution in [0, 0.1) is 5.92 Å². The number of hydrogen-bond donors (Lipinski definition) is 3. The number of nitrogens with one attached hydrogen (secondary N) is 1. The van der Waals surface area contributed by atoms with Crippen molar-refractivity contribution in [2.24, 2.45) is 11.7 Å². The number of rotatable bonds is 4. The van der Waals surface area contributed by atoms with Crippen molar-refractivity contribution in [3.05, 3.63) is 0 Å². The third-order valence-electron chi connectivity index (χ3n) is 3.62. The van der Waals surface area contributed by atoms with E-state index in [4.69, 9.17) is 5.73 Å². The van der Waals surface area contributed by atoms with Crippen molar-refractivity contribution in [1.29, 1.82) is 0 Å². The molecule has 1 saturated carbocycles. The van der Waals surface area contributed by atoms with E-state index < -0.39 is 11.6 Å². The first kappa shape index (κ1) is 13.5. The highest BCUT2D eigenvalue weighted by atomic mass is 16.3. The van der Waals surface area contributed by atoms with Gasteiger partial charge in [0.1, 0.15) is 0 Å². The molecular weight excluding hydrogens is 204 g/mol. The van der Waals surface area contributed by atoms with Crippen LogP contribution in [0.25, 0.3) is 0 Å². The Hall–Kier alpha value is -0.610. The molecule has 1 atom stereocenters. The lowest BCUT2D eigenvalue weighted by Crippen LogP contribution is -2.48. The average Bonchev–Trinajstić information content (AvgIpc) is 2.27. The molecule has 4 heteroatoms. The minimum atomic E-state index is -0.712. The Morgan fingerprint density at radius 3 is 2.56 bits per heavy atom. The van der Waals surface area contributed by atoms with Gasteiger partial charge in [-0.15, -0.1) is 0 Å². The predicted octanol–water partition coefficient (Wildman–Crippen LogP) is 0.781. The molecule has 0 aliphatic heterocycles. The maximum atomic E-state index is 11.3. The largest absolute Gasteiger partial charge is 0.388 e. The zero-order chi connectivity index (χ0) is 12.2. The summed E-state index contributed by atoms with van der Waals surface area (Å²) in [5.74, 6) is 0.551. The van der Waals surface area contributed by atoms with Crippen molar-refractivity contribution < 1.29 is 9.90 Å². The van der Waals surface area contributed by atoms with Gasteiger partial charge in [-0.1, -0.05) is 13.3 Å². The summed E-state index contributed by atoms with van der Waals surface area (Å²) in [4.78, 5) is 11.3. The van der Waals surface area contributed by atoms with Crippen molar-refractivity contribution in [2.75, 3.05) is 6.54 Å². The molecule has 94 valence electrons. The summed E-state index contributed by atoms with van der Waals surface area (Å²) in [7, 11) is 0. The SMILES string of the molecule is CCC1CCC(O)(CNC(=O)C(C)N)CC1. The van der Waals surface area contributed by atoms with E-state index in [-0.39, 0.29) is 5.91 Å². The van der Waals surface area contributed by atoms with Gasteiger partial charge in [-0.05, 0) is 38.5 Å². The zero-order valence-electron chi connectivity index (χ0n) is 10.3. The number of aliphatic hydroxyl groups is 1. The second kappa shape index (κ2) is 5.64. The van der Waals surface area contributed by atoms with Gasteiger partial charge in [0.05, 0.1) is 11.6 Å². The van der Waals surface area contributed by atoms with Gasteiger partial charge in [-0.3, -0.25) is 4.79 Å². The Morgan fingerprint density at radius 1 is 1.56 bits per heavy atom. The molecule has 0 aromatic rings. The molecular formula is C12H24N2O2. The summed E-state index contributed by atoms with van der Waals surface area (Å²) in [5, 5.41) is 13.0. The van der Waals surface area contributed by atoms with E-state index in [0.29, 0.717) is 6.54 Å². The van der Waals surface area contributed by atoms with Crippen LogP contribution in [0.2, 0.25) is 0 Å². The van der Waals surface area contributed by atoms with Crippen molar-refractivity contribution in [1.82, 2.24) is 5.32 Å². The quantitative estimate of drug-likeness (QED) is 0.665. The first-order valence-corrected chi connectivity index (χ1v) is 6.22.